The number of hydrogen-bond acceptors (Lipinski definition) is 4. The fourth-order valence-electron chi connectivity index (χ4n) is 3.61. The van der Waals surface area contributed by atoms with Gasteiger partial charge in [0.15, 0.2) is 0 Å². The van der Waals surface area contributed by atoms with Crippen LogP contribution in [0.25, 0.3) is 0 Å². The van der Waals surface area contributed by atoms with Gasteiger partial charge in [0.25, 0.3) is 0 Å². The molecule has 4 heteroatoms. The zero-order valence-electron chi connectivity index (χ0n) is 17.3. The lowest BCUT2D eigenvalue weighted by molar-refractivity contribution is 0.261. The largest absolute Gasteiger partial charge is 0.492 e. The van der Waals surface area contributed by atoms with Crippen LogP contribution in [0.5, 0.6) is 5.75 Å². The van der Waals surface area contributed by atoms with Gasteiger partial charge in [-0.05, 0) is 68.0 Å². The third-order valence-electron chi connectivity index (χ3n) is 5.20. The van der Waals surface area contributed by atoms with Crippen LogP contribution >= 0.6 is 11.8 Å². The molecule has 0 radical (unpaired) electrons. The van der Waals surface area contributed by atoms with E-state index in [0.717, 1.165) is 23.7 Å². The standard InChI is InChI=1S/C25H28N2OS/c1-18-8-13-24-23(16-18)25(22-7-5-4-6-19(22)17-29-24)26-20-9-11-21(12-10-20)28-15-14-27(2)3/h4-13,16,25-26H,14-15,17H2,1-3H3/t25-/m0/s1. The number of ether oxygens (including phenoxy) is 1. The first-order valence-electron chi connectivity index (χ1n) is 10.1. The van der Waals surface area contributed by atoms with E-state index in [2.05, 4.69) is 85.8 Å². The maximum absolute atomic E-state index is 5.84. The lowest BCUT2D eigenvalue weighted by Gasteiger charge is -2.23. The number of thioether (sulfide) groups is 1. The Morgan fingerprint density at radius 2 is 1.79 bits per heavy atom. The van der Waals surface area contributed by atoms with E-state index in [1.165, 1.54) is 27.1 Å². The highest BCUT2D eigenvalue weighted by Gasteiger charge is 2.24. The van der Waals surface area contributed by atoms with Gasteiger partial charge in [-0.2, -0.15) is 0 Å². The van der Waals surface area contributed by atoms with Gasteiger partial charge in [0.2, 0.25) is 0 Å². The van der Waals surface area contributed by atoms with Crippen molar-refractivity contribution in [2.75, 3.05) is 32.6 Å². The van der Waals surface area contributed by atoms with Gasteiger partial charge in [0.1, 0.15) is 12.4 Å². The lowest BCUT2D eigenvalue weighted by atomic mass is 9.94. The second-order valence-corrected chi connectivity index (χ2v) is 8.80. The number of hydrogen-bond donors (Lipinski definition) is 1. The van der Waals surface area contributed by atoms with Gasteiger partial charge >= 0.3 is 0 Å². The van der Waals surface area contributed by atoms with Crippen LogP contribution in [-0.2, 0) is 5.75 Å². The van der Waals surface area contributed by atoms with Crippen LogP contribution in [-0.4, -0.2) is 32.1 Å². The van der Waals surface area contributed by atoms with Gasteiger partial charge in [-0.25, -0.2) is 0 Å². The molecule has 0 aromatic heterocycles. The molecule has 1 atom stereocenters. The smallest absolute Gasteiger partial charge is 0.119 e. The van der Waals surface area contributed by atoms with E-state index in [9.17, 15) is 0 Å². The number of likely N-dealkylation sites (N-methyl/N-ethyl adjacent to an activating group) is 1. The molecule has 0 unspecified atom stereocenters. The molecule has 0 amide bonds. The van der Waals surface area contributed by atoms with Crippen LogP contribution in [0.1, 0.15) is 28.3 Å². The summed E-state index contributed by atoms with van der Waals surface area (Å²) >= 11 is 1.93. The first-order valence-corrected chi connectivity index (χ1v) is 11.0. The number of rotatable bonds is 6. The number of benzene rings is 3. The molecule has 3 aromatic carbocycles. The summed E-state index contributed by atoms with van der Waals surface area (Å²) in [7, 11) is 4.11. The van der Waals surface area contributed by atoms with Gasteiger partial charge in [-0.15, -0.1) is 11.8 Å². The van der Waals surface area contributed by atoms with Crippen LogP contribution in [0.2, 0.25) is 0 Å². The molecular formula is C25H28N2OS. The molecule has 0 fully saturated rings. The molecule has 3 aromatic rings. The zero-order valence-corrected chi connectivity index (χ0v) is 18.1. The Morgan fingerprint density at radius 3 is 2.59 bits per heavy atom. The molecule has 0 saturated heterocycles. The first-order chi connectivity index (χ1) is 14.1. The molecule has 0 bridgehead atoms. The Labute approximate surface area is 178 Å². The van der Waals surface area contributed by atoms with Crippen LogP contribution in [0.4, 0.5) is 5.69 Å². The summed E-state index contributed by atoms with van der Waals surface area (Å²) in [5, 5.41) is 3.78. The fraction of sp³-hybridized carbons (Fsp3) is 0.280. The van der Waals surface area contributed by atoms with E-state index in [1.807, 2.05) is 23.9 Å². The zero-order chi connectivity index (χ0) is 20.2. The van der Waals surface area contributed by atoms with Crippen molar-refractivity contribution < 1.29 is 4.74 Å². The lowest BCUT2D eigenvalue weighted by Crippen LogP contribution is -2.19. The quantitative estimate of drug-likeness (QED) is 0.566. The van der Waals surface area contributed by atoms with Crippen molar-refractivity contribution in [1.82, 2.24) is 4.90 Å². The van der Waals surface area contributed by atoms with Gasteiger partial charge in [0.05, 0.1) is 6.04 Å². The fourth-order valence-corrected chi connectivity index (χ4v) is 4.69. The molecule has 4 rings (SSSR count). The van der Waals surface area contributed by atoms with E-state index in [-0.39, 0.29) is 6.04 Å². The molecule has 3 nitrogen and oxygen atoms in total. The van der Waals surface area contributed by atoms with Crippen molar-refractivity contribution in [2.45, 2.75) is 23.6 Å². The Morgan fingerprint density at radius 1 is 1.00 bits per heavy atom. The summed E-state index contributed by atoms with van der Waals surface area (Å²) in [6, 6.07) is 24.0. The normalized spacial score (nSPS) is 15.4. The average molecular weight is 405 g/mol. The Bertz CT molecular complexity index is 969. The van der Waals surface area contributed by atoms with E-state index in [1.54, 1.807) is 0 Å². The highest BCUT2D eigenvalue weighted by atomic mass is 32.2. The van der Waals surface area contributed by atoms with Gasteiger partial charge in [0, 0.05) is 22.9 Å². The van der Waals surface area contributed by atoms with E-state index in [0.29, 0.717) is 6.61 Å². The van der Waals surface area contributed by atoms with Crippen molar-refractivity contribution in [3.8, 4) is 5.75 Å². The molecule has 0 saturated carbocycles. The molecule has 0 aliphatic carbocycles. The highest BCUT2D eigenvalue weighted by Crippen LogP contribution is 2.41. The Kier molecular flexibility index (Phi) is 6.12. The number of anilines is 1. The number of nitrogens with zero attached hydrogens (tertiary/aromatic N) is 1. The van der Waals surface area contributed by atoms with Crippen molar-refractivity contribution >= 4 is 17.4 Å². The summed E-state index contributed by atoms with van der Waals surface area (Å²) in [6.45, 7) is 3.77. The first kappa shape index (κ1) is 19.9. The minimum atomic E-state index is 0.136. The molecular weight excluding hydrogens is 376 g/mol. The molecule has 1 aliphatic rings. The van der Waals surface area contributed by atoms with Gasteiger partial charge in [-0.1, -0.05) is 42.0 Å². The van der Waals surface area contributed by atoms with Crippen LogP contribution in [0, 0.1) is 6.92 Å². The number of aryl methyl sites for hydroxylation is 1. The summed E-state index contributed by atoms with van der Waals surface area (Å²) in [5.74, 6) is 1.91. The SMILES string of the molecule is Cc1ccc2c(c1)[C@@H](Nc1ccc(OCCN(C)C)cc1)c1ccccc1CS2. The number of nitrogens with one attached hydrogen (secondary N) is 1. The van der Waals surface area contributed by atoms with E-state index >= 15 is 0 Å². The summed E-state index contributed by atoms with van der Waals surface area (Å²) < 4.78 is 5.84. The Balaban J connectivity index is 1.60. The summed E-state index contributed by atoms with van der Waals surface area (Å²) in [5.41, 5.74) is 6.50. The average Bonchev–Trinajstić information content (AvgIpc) is 2.86. The summed E-state index contributed by atoms with van der Waals surface area (Å²) in [6.07, 6.45) is 0. The van der Waals surface area contributed by atoms with Crippen LogP contribution in [0.15, 0.2) is 71.6 Å². The van der Waals surface area contributed by atoms with E-state index in [4.69, 9.17) is 4.74 Å². The maximum Gasteiger partial charge on any atom is 0.119 e. The molecule has 0 spiro atoms. The van der Waals surface area contributed by atoms with Crippen LogP contribution in [0.3, 0.4) is 0 Å². The molecule has 1 heterocycles. The van der Waals surface area contributed by atoms with Gasteiger partial charge < -0.3 is 15.0 Å². The molecule has 1 aliphatic heterocycles. The van der Waals surface area contributed by atoms with Crippen LogP contribution < -0.4 is 10.1 Å². The monoisotopic (exact) mass is 404 g/mol. The van der Waals surface area contributed by atoms with E-state index < -0.39 is 0 Å². The van der Waals surface area contributed by atoms with Gasteiger partial charge in [-0.3, -0.25) is 0 Å². The second kappa shape index (κ2) is 8.93. The number of fused-ring (bicyclic) bond motifs is 2. The molecule has 29 heavy (non-hydrogen) atoms. The third-order valence-corrected chi connectivity index (χ3v) is 6.34. The maximum atomic E-state index is 5.84. The van der Waals surface area contributed by atoms with Crippen molar-refractivity contribution in [3.05, 3.63) is 89.0 Å². The predicted octanol–water partition coefficient (Wildman–Crippen LogP) is 5.74. The Hall–Kier alpha value is -2.43. The predicted molar refractivity (Wildman–Crippen MR) is 123 cm³/mol. The highest BCUT2D eigenvalue weighted by molar-refractivity contribution is 7.98. The molecule has 1 N–H and O–H groups in total. The summed E-state index contributed by atoms with van der Waals surface area (Å²) in [4.78, 5) is 3.48. The topological polar surface area (TPSA) is 24.5 Å². The minimum Gasteiger partial charge on any atom is -0.492 e. The third kappa shape index (κ3) is 4.77. The second-order valence-electron chi connectivity index (χ2n) is 7.78. The van der Waals surface area contributed by atoms with Crippen molar-refractivity contribution in [1.29, 1.82) is 0 Å². The minimum absolute atomic E-state index is 0.136. The van der Waals surface area contributed by atoms with Crippen molar-refractivity contribution in [3.63, 3.8) is 0 Å². The molecule has 150 valence electrons. The van der Waals surface area contributed by atoms with Crippen molar-refractivity contribution in [2.24, 2.45) is 0 Å².